The number of hydrogen-bond donors (Lipinski definition) is 0. The van der Waals surface area contributed by atoms with Crippen LogP contribution in [0.1, 0.15) is 0 Å². The maximum atomic E-state index is 2.43. The van der Waals surface area contributed by atoms with E-state index >= 15 is 0 Å². The van der Waals surface area contributed by atoms with Crippen LogP contribution in [0.5, 0.6) is 0 Å². The van der Waals surface area contributed by atoms with Gasteiger partial charge in [-0.05, 0) is 69.5 Å². The first kappa shape index (κ1) is 25.9. The molecule has 0 saturated heterocycles. The second kappa shape index (κ2) is 11.0. The molecule has 2 heterocycles. The molecular formula is C28H22S8. The summed E-state index contributed by atoms with van der Waals surface area (Å²) in [6, 6.07) is 22.7. The quantitative estimate of drug-likeness (QED) is 0.206. The molecule has 4 aromatic rings. The van der Waals surface area contributed by atoms with Gasteiger partial charge in [0.15, 0.2) is 0 Å². The average molecular weight is 615 g/mol. The zero-order valence-corrected chi connectivity index (χ0v) is 26.6. The predicted octanol–water partition coefficient (Wildman–Crippen LogP) is 9.94. The van der Waals surface area contributed by atoms with Gasteiger partial charge in [0.2, 0.25) is 0 Å². The topological polar surface area (TPSA) is 0 Å². The molecule has 2 aliphatic heterocycles. The fourth-order valence-corrected chi connectivity index (χ4v) is 14.8. The molecule has 0 unspecified atom stereocenters. The van der Waals surface area contributed by atoms with E-state index in [0.717, 1.165) is 0 Å². The van der Waals surface area contributed by atoms with E-state index in [2.05, 4.69) is 85.7 Å². The lowest BCUT2D eigenvalue weighted by atomic mass is 9.96. The molecule has 0 atom stereocenters. The Morgan fingerprint density at radius 1 is 0.444 bits per heavy atom. The van der Waals surface area contributed by atoms with E-state index < -0.39 is 0 Å². The van der Waals surface area contributed by atoms with Crippen molar-refractivity contribution in [1.82, 2.24) is 0 Å². The van der Waals surface area contributed by atoms with Crippen LogP contribution in [0.15, 0.2) is 77.6 Å². The van der Waals surface area contributed by atoms with Gasteiger partial charge in [0.25, 0.3) is 0 Å². The zero-order valence-electron chi connectivity index (χ0n) is 20.0. The Hall–Kier alpha value is -0.320. The SMILES string of the molecule is CSC1=C(SC)SC(=c2c3ccccc3c(=C3SC(SC)=C(SC)S3)c3cc4ccccc4cc23)S1. The lowest BCUT2D eigenvalue weighted by Gasteiger charge is -2.13. The Labute approximate surface area is 245 Å². The Morgan fingerprint density at radius 2 is 0.778 bits per heavy atom. The van der Waals surface area contributed by atoms with Gasteiger partial charge in [-0.2, -0.15) is 0 Å². The number of rotatable bonds is 4. The van der Waals surface area contributed by atoms with Gasteiger partial charge >= 0.3 is 0 Å². The highest BCUT2D eigenvalue weighted by atomic mass is 32.3. The Kier molecular flexibility index (Phi) is 7.96. The minimum atomic E-state index is 1.30. The van der Waals surface area contributed by atoms with Crippen molar-refractivity contribution in [3.63, 3.8) is 0 Å². The summed E-state index contributed by atoms with van der Waals surface area (Å²) in [5.74, 6) is 0. The van der Waals surface area contributed by atoms with E-state index in [0.29, 0.717) is 0 Å². The van der Waals surface area contributed by atoms with Crippen molar-refractivity contribution in [3.05, 3.63) is 88.0 Å². The number of benzene rings is 4. The minimum absolute atomic E-state index is 1.30. The summed E-state index contributed by atoms with van der Waals surface area (Å²) < 4.78 is 8.46. The first-order valence-electron chi connectivity index (χ1n) is 11.1. The standard InChI is InChI=1S/C28H22S8/c1-29-25-26(30-2)34-23(33-25)21-17-11-7-8-12-18(17)22(24-35-27(31-3)28(32-4)36-24)20-14-16-10-6-5-9-15(16)13-19(20)21/h5-14H,1-4H3. The molecule has 0 aromatic heterocycles. The third-order valence-electron chi connectivity index (χ3n) is 6.12. The second-order valence-corrected chi connectivity index (χ2v) is 16.9. The van der Waals surface area contributed by atoms with Gasteiger partial charge in [-0.3, -0.25) is 0 Å². The summed E-state index contributed by atoms with van der Waals surface area (Å²) in [5, 5.41) is 10.8. The van der Waals surface area contributed by atoms with Crippen LogP contribution in [0.3, 0.4) is 0 Å². The molecule has 0 radical (unpaired) electrons. The van der Waals surface area contributed by atoms with Crippen LogP contribution < -0.4 is 10.4 Å². The van der Waals surface area contributed by atoms with Crippen LogP contribution in [0.2, 0.25) is 0 Å². The zero-order chi connectivity index (χ0) is 24.8. The third kappa shape index (κ3) is 4.47. The van der Waals surface area contributed by atoms with E-state index in [1.807, 2.05) is 94.1 Å². The van der Waals surface area contributed by atoms with Crippen LogP contribution in [-0.4, -0.2) is 25.0 Å². The van der Waals surface area contributed by atoms with Crippen LogP contribution >= 0.6 is 94.1 Å². The first-order chi connectivity index (χ1) is 17.7. The van der Waals surface area contributed by atoms with Crippen LogP contribution in [-0.2, 0) is 0 Å². The van der Waals surface area contributed by atoms with Crippen LogP contribution in [0, 0.1) is 0 Å². The highest BCUT2D eigenvalue weighted by Crippen LogP contribution is 2.58. The molecule has 4 aromatic carbocycles. The van der Waals surface area contributed by atoms with E-state index in [1.165, 1.54) is 68.2 Å². The largest absolute Gasteiger partial charge is 0.121 e. The van der Waals surface area contributed by atoms with E-state index in [1.54, 1.807) is 0 Å². The van der Waals surface area contributed by atoms with Gasteiger partial charge in [0.05, 0.1) is 25.4 Å². The Balaban J connectivity index is 1.80. The summed E-state index contributed by atoms with van der Waals surface area (Å²) in [6.07, 6.45) is 8.78. The van der Waals surface area contributed by atoms with Gasteiger partial charge in [0.1, 0.15) is 0 Å². The highest BCUT2D eigenvalue weighted by molar-refractivity contribution is 8.46. The number of thioether (sulfide) groups is 8. The minimum Gasteiger partial charge on any atom is -0.121 e. The van der Waals surface area contributed by atoms with E-state index in [-0.39, 0.29) is 0 Å². The lowest BCUT2D eigenvalue weighted by molar-refractivity contribution is 1.70. The highest BCUT2D eigenvalue weighted by Gasteiger charge is 2.25. The molecule has 0 bridgehead atoms. The molecule has 0 amide bonds. The van der Waals surface area contributed by atoms with Gasteiger partial charge in [-0.1, -0.05) is 95.6 Å². The number of fused-ring (bicyclic) bond motifs is 3. The Bertz CT molecular complexity index is 1570. The summed E-state index contributed by atoms with van der Waals surface area (Å²) in [4.78, 5) is 0. The van der Waals surface area contributed by atoms with Crippen molar-refractivity contribution < 1.29 is 0 Å². The van der Waals surface area contributed by atoms with Crippen LogP contribution in [0.4, 0.5) is 0 Å². The maximum Gasteiger partial charge on any atom is 0.0657 e. The molecule has 182 valence electrons. The van der Waals surface area contributed by atoms with Crippen molar-refractivity contribution >= 4 is 135 Å². The fourth-order valence-electron chi connectivity index (χ4n) is 4.55. The summed E-state index contributed by atoms with van der Waals surface area (Å²) in [5.41, 5.74) is 0. The summed E-state index contributed by atoms with van der Waals surface area (Å²) >= 11 is 15.2. The van der Waals surface area contributed by atoms with Crippen molar-refractivity contribution in [2.24, 2.45) is 0 Å². The van der Waals surface area contributed by atoms with Gasteiger partial charge in [0, 0.05) is 10.4 Å². The molecule has 0 fully saturated rings. The molecule has 0 spiro atoms. The van der Waals surface area contributed by atoms with Crippen molar-refractivity contribution in [2.45, 2.75) is 0 Å². The monoisotopic (exact) mass is 614 g/mol. The van der Waals surface area contributed by atoms with Crippen molar-refractivity contribution in [3.8, 4) is 0 Å². The molecule has 8 heteroatoms. The molecule has 0 N–H and O–H groups in total. The van der Waals surface area contributed by atoms with Crippen LogP contribution in [0.25, 0.3) is 40.8 Å². The second-order valence-electron chi connectivity index (χ2n) is 7.99. The Morgan fingerprint density at radius 3 is 1.11 bits per heavy atom. The molecule has 6 rings (SSSR count). The van der Waals surface area contributed by atoms with Gasteiger partial charge in [-0.25, -0.2) is 0 Å². The molecule has 2 aliphatic rings. The summed E-state index contributed by atoms with van der Waals surface area (Å²) in [7, 11) is 0. The van der Waals surface area contributed by atoms with Gasteiger partial charge < -0.3 is 0 Å². The van der Waals surface area contributed by atoms with E-state index in [9.17, 15) is 0 Å². The predicted molar refractivity (Wildman–Crippen MR) is 184 cm³/mol. The molecule has 0 aliphatic carbocycles. The fraction of sp³-hybridized carbons (Fsp3) is 0.143. The van der Waals surface area contributed by atoms with Crippen molar-refractivity contribution in [2.75, 3.05) is 25.0 Å². The molecular weight excluding hydrogens is 593 g/mol. The number of hydrogen-bond acceptors (Lipinski definition) is 8. The third-order valence-corrected chi connectivity index (χ3v) is 16.6. The molecule has 0 nitrogen and oxygen atoms in total. The normalized spacial score (nSPS) is 16.6. The smallest absolute Gasteiger partial charge is 0.0657 e. The lowest BCUT2D eigenvalue weighted by Crippen LogP contribution is -2.17. The van der Waals surface area contributed by atoms with Gasteiger partial charge in [-0.15, -0.1) is 47.0 Å². The maximum absolute atomic E-state index is 2.43. The van der Waals surface area contributed by atoms with Crippen molar-refractivity contribution in [1.29, 1.82) is 0 Å². The average Bonchev–Trinajstić information content (AvgIpc) is 3.54. The first-order valence-corrected chi connectivity index (χ1v) is 19.3. The molecule has 0 saturated carbocycles. The van der Waals surface area contributed by atoms with E-state index in [4.69, 9.17) is 0 Å². The summed E-state index contributed by atoms with van der Waals surface area (Å²) in [6.45, 7) is 0. The molecule has 36 heavy (non-hydrogen) atoms.